The lowest BCUT2D eigenvalue weighted by atomic mass is 10.1. The fourth-order valence-electron chi connectivity index (χ4n) is 1.38. The molecule has 0 bridgehead atoms. The Bertz CT molecular complexity index is 322. The molecule has 15 heavy (non-hydrogen) atoms. The van der Waals surface area contributed by atoms with E-state index in [0.29, 0.717) is 0 Å². The summed E-state index contributed by atoms with van der Waals surface area (Å²) in [5.41, 5.74) is 2.25. The standard InChI is InChI=1S/C14H19N/c1-3-5-9-12-15-14(4-2)13-10-7-6-8-11-13/h4,6-8,10-12H,3,5,9H2,1-2H3/b14-4-,15-12?. The fraction of sp³-hybridized carbons (Fsp3) is 0.357. The van der Waals surface area contributed by atoms with Crippen molar-refractivity contribution in [2.45, 2.75) is 33.1 Å². The SMILES string of the molecule is C/C=C(\N=CCCCC)c1ccccc1. The first-order valence-electron chi connectivity index (χ1n) is 5.62. The van der Waals surface area contributed by atoms with E-state index in [0.717, 1.165) is 12.1 Å². The van der Waals surface area contributed by atoms with E-state index in [4.69, 9.17) is 0 Å². The maximum atomic E-state index is 4.49. The maximum absolute atomic E-state index is 4.49. The number of benzene rings is 1. The molecule has 1 aromatic rings. The van der Waals surface area contributed by atoms with Gasteiger partial charge in [0.2, 0.25) is 0 Å². The van der Waals surface area contributed by atoms with Crippen LogP contribution in [0.25, 0.3) is 5.70 Å². The predicted molar refractivity (Wildman–Crippen MR) is 68.1 cm³/mol. The number of hydrogen-bond donors (Lipinski definition) is 0. The van der Waals surface area contributed by atoms with Gasteiger partial charge in [0, 0.05) is 6.21 Å². The molecule has 80 valence electrons. The minimum Gasteiger partial charge on any atom is -0.261 e. The van der Waals surface area contributed by atoms with Gasteiger partial charge in [-0.25, -0.2) is 0 Å². The Balaban J connectivity index is 2.62. The third-order valence-electron chi connectivity index (χ3n) is 2.26. The van der Waals surface area contributed by atoms with Crippen LogP contribution < -0.4 is 0 Å². The van der Waals surface area contributed by atoms with E-state index in [-0.39, 0.29) is 0 Å². The molecule has 0 aliphatic heterocycles. The normalized spacial score (nSPS) is 12.3. The molecule has 1 rings (SSSR count). The van der Waals surface area contributed by atoms with Gasteiger partial charge in [-0.05, 0) is 25.3 Å². The van der Waals surface area contributed by atoms with E-state index in [1.807, 2.05) is 31.3 Å². The molecule has 1 heteroatoms. The Morgan fingerprint density at radius 1 is 1.27 bits per heavy atom. The average molecular weight is 201 g/mol. The van der Waals surface area contributed by atoms with Crippen LogP contribution in [0, 0.1) is 0 Å². The van der Waals surface area contributed by atoms with Crippen LogP contribution in [0.1, 0.15) is 38.7 Å². The van der Waals surface area contributed by atoms with Gasteiger partial charge in [0.15, 0.2) is 0 Å². The van der Waals surface area contributed by atoms with Crippen LogP contribution >= 0.6 is 0 Å². The first-order valence-corrected chi connectivity index (χ1v) is 5.62. The highest BCUT2D eigenvalue weighted by Gasteiger charge is 1.94. The molecule has 0 aliphatic carbocycles. The smallest absolute Gasteiger partial charge is 0.0655 e. The molecule has 0 aromatic heterocycles. The van der Waals surface area contributed by atoms with E-state index < -0.39 is 0 Å². The molecular formula is C14H19N. The van der Waals surface area contributed by atoms with Gasteiger partial charge < -0.3 is 0 Å². The minimum atomic E-state index is 1.06. The second-order valence-corrected chi connectivity index (χ2v) is 3.49. The van der Waals surface area contributed by atoms with Crippen molar-refractivity contribution < 1.29 is 0 Å². The number of hydrogen-bond acceptors (Lipinski definition) is 1. The zero-order valence-corrected chi connectivity index (χ0v) is 9.61. The Hall–Kier alpha value is -1.37. The molecule has 0 amide bonds. The Morgan fingerprint density at radius 2 is 2.00 bits per heavy atom. The summed E-state index contributed by atoms with van der Waals surface area (Å²) >= 11 is 0. The van der Waals surface area contributed by atoms with Crippen molar-refractivity contribution in [3.8, 4) is 0 Å². The summed E-state index contributed by atoms with van der Waals surface area (Å²) in [5, 5.41) is 0. The number of allylic oxidation sites excluding steroid dienone is 1. The van der Waals surface area contributed by atoms with E-state index in [1.54, 1.807) is 0 Å². The van der Waals surface area contributed by atoms with Crippen LogP contribution in [0.3, 0.4) is 0 Å². The minimum absolute atomic E-state index is 1.06. The summed E-state index contributed by atoms with van der Waals surface area (Å²) in [4.78, 5) is 4.49. The van der Waals surface area contributed by atoms with Gasteiger partial charge in [0.1, 0.15) is 0 Å². The van der Waals surface area contributed by atoms with Crippen molar-refractivity contribution in [3.63, 3.8) is 0 Å². The van der Waals surface area contributed by atoms with Crippen LogP contribution in [-0.4, -0.2) is 6.21 Å². The van der Waals surface area contributed by atoms with E-state index >= 15 is 0 Å². The molecule has 0 aliphatic rings. The first-order chi connectivity index (χ1) is 7.38. The van der Waals surface area contributed by atoms with Crippen LogP contribution in [0.15, 0.2) is 41.4 Å². The molecule has 0 atom stereocenters. The van der Waals surface area contributed by atoms with Crippen molar-refractivity contribution in [1.82, 2.24) is 0 Å². The topological polar surface area (TPSA) is 12.4 Å². The summed E-state index contributed by atoms with van der Waals surface area (Å²) in [6, 6.07) is 10.3. The summed E-state index contributed by atoms with van der Waals surface area (Å²) < 4.78 is 0. The Morgan fingerprint density at radius 3 is 2.60 bits per heavy atom. The highest BCUT2D eigenvalue weighted by Crippen LogP contribution is 2.14. The molecule has 0 saturated heterocycles. The highest BCUT2D eigenvalue weighted by atomic mass is 14.7. The van der Waals surface area contributed by atoms with E-state index in [1.165, 1.54) is 18.4 Å². The summed E-state index contributed by atoms with van der Waals surface area (Å²) in [6.45, 7) is 4.22. The van der Waals surface area contributed by atoms with Crippen molar-refractivity contribution in [2.24, 2.45) is 4.99 Å². The molecule has 0 saturated carbocycles. The number of aliphatic imine (C=N–C) groups is 1. The van der Waals surface area contributed by atoms with E-state index in [9.17, 15) is 0 Å². The molecule has 0 spiro atoms. The largest absolute Gasteiger partial charge is 0.261 e. The first kappa shape index (κ1) is 11.7. The molecule has 1 aromatic carbocycles. The van der Waals surface area contributed by atoms with Gasteiger partial charge in [-0.1, -0.05) is 49.8 Å². The lowest BCUT2D eigenvalue weighted by Gasteiger charge is -2.00. The third kappa shape index (κ3) is 4.11. The van der Waals surface area contributed by atoms with E-state index in [2.05, 4.69) is 30.1 Å². The van der Waals surface area contributed by atoms with Gasteiger partial charge in [0.05, 0.1) is 5.70 Å². The van der Waals surface area contributed by atoms with Crippen molar-refractivity contribution >= 4 is 11.9 Å². The summed E-state index contributed by atoms with van der Waals surface area (Å²) in [5.74, 6) is 0. The van der Waals surface area contributed by atoms with Gasteiger partial charge in [-0.15, -0.1) is 0 Å². The lowest BCUT2D eigenvalue weighted by molar-refractivity contribution is 0.843. The van der Waals surface area contributed by atoms with Crippen LogP contribution in [0.2, 0.25) is 0 Å². The van der Waals surface area contributed by atoms with Crippen molar-refractivity contribution in [1.29, 1.82) is 0 Å². The van der Waals surface area contributed by atoms with Crippen molar-refractivity contribution in [2.75, 3.05) is 0 Å². The average Bonchev–Trinajstić information content (AvgIpc) is 2.30. The number of nitrogens with zero attached hydrogens (tertiary/aromatic N) is 1. The van der Waals surface area contributed by atoms with Crippen molar-refractivity contribution in [3.05, 3.63) is 42.0 Å². The van der Waals surface area contributed by atoms with Gasteiger partial charge in [-0.2, -0.15) is 0 Å². The Labute approximate surface area is 92.6 Å². The fourth-order valence-corrected chi connectivity index (χ4v) is 1.38. The maximum Gasteiger partial charge on any atom is 0.0655 e. The molecule has 0 fully saturated rings. The van der Waals surface area contributed by atoms with Crippen LogP contribution in [0.4, 0.5) is 0 Å². The van der Waals surface area contributed by atoms with Gasteiger partial charge in [-0.3, -0.25) is 4.99 Å². The molecule has 1 nitrogen and oxygen atoms in total. The number of rotatable bonds is 5. The molecule has 0 unspecified atom stereocenters. The highest BCUT2D eigenvalue weighted by molar-refractivity contribution is 5.73. The van der Waals surface area contributed by atoms with Crippen LogP contribution in [0.5, 0.6) is 0 Å². The second kappa shape index (κ2) is 6.99. The zero-order chi connectivity index (χ0) is 10.9. The summed E-state index contributed by atoms with van der Waals surface area (Å²) in [6.07, 6.45) is 7.59. The quantitative estimate of drug-likeness (QED) is 0.497. The third-order valence-corrected chi connectivity index (χ3v) is 2.26. The Kier molecular flexibility index (Phi) is 5.46. The number of unbranched alkanes of at least 4 members (excludes halogenated alkanes) is 2. The monoisotopic (exact) mass is 201 g/mol. The molecular weight excluding hydrogens is 182 g/mol. The van der Waals surface area contributed by atoms with Gasteiger partial charge in [0.25, 0.3) is 0 Å². The lowest BCUT2D eigenvalue weighted by Crippen LogP contribution is -1.82. The zero-order valence-electron chi connectivity index (χ0n) is 9.61. The molecule has 0 N–H and O–H groups in total. The van der Waals surface area contributed by atoms with Gasteiger partial charge >= 0.3 is 0 Å². The predicted octanol–water partition coefficient (Wildman–Crippen LogP) is 4.31. The molecule has 0 heterocycles. The molecule has 0 radical (unpaired) electrons. The summed E-state index contributed by atoms with van der Waals surface area (Å²) in [7, 11) is 0. The second-order valence-electron chi connectivity index (χ2n) is 3.49. The van der Waals surface area contributed by atoms with Crippen LogP contribution in [-0.2, 0) is 0 Å².